The molecule has 0 aliphatic heterocycles. The highest BCUT2D eigenvalue weighted by Gasteiger charge is 2.26. The van der Waals surface area contributed by atoms with E-state index in [4.69, 9.17) is 21.5 Å². The van der Waals surface area contributed by atoms with Crippen LogP contribution in [0.15, 0.2) is 152 Å². The van der Waals surface area contributed by atoms with Crippen molar-refractivity contribution in [3.63, 3.8) is 0 Å². The standard InChI is InChI=1S/C44H25N5/c1-45-31-22-20-29(21-23-31)43-46-42(28-10-3-2-4-11-28)47-44(48-43)30-14-7-15-32(26-30)49-37-19-6-5-16-35(37)41-38(49)25-24-34-33-17-8-12-27-13-9-18-36(39(27)33)40(34)41/h2-26H. The number of benzene rings is 7. The smallest absolute Gasteiger partial charge is 0.187 e. The lowest BCUT2D eigenvalue weighted by Gasteiger charge is -2.12. The van der Waals surface area contributed by atoms with Crippen LogP contribution >= 0.6 is 0 Å². The lowest BCUT2D eigenvalue weighted by atomic mass is 9.98. The van der Waals surface area contributed by atoms with Gasteiger partial charge in [0.05, 0.1) is 17.6 Å². The van der Waals surface area contributed by atoms with Gasteiger partial charge in [-0.25, -0.2) is 19.8 Å². The van der Waals surface area contributed by atoms with Gasteiger partial charge in [0.15, 0.2) is 23.2 Å². The Bertz CT molecular complexity index is 2820. The van der Waals surface area contributed by atoms with E-state index in [2.05, 4.69) is 106 Å². The molecule has 0 amide bonds. The van der Waals surface area contributed by atoms with E-state index >= 15 is 0 Å². The van der Waals surface area contributed by atoms with Crippen LogP contribution in [-0.4, -0.2) is 19.5 Å². The van der Waals surface area contributed by atoms with Crippen LogP contribution in [-0.2, 0) is 0 Å². The first-order valence-corrected chi connectivity index (χ1v) is 16.2. The van der Waals surface area contributed by atoms with Gasteiger partial charge in [-0.3, -0.25) is 0 Å². The van der Waals surface area contributed by atoms with Crippen LogP contribution in [0.2, 0.25) is 0 Å². The summed E-state index contributed by atoms with van der Waals surface area (Å²) in [5.74, 6) is 1.75. The molecule has 0 radical (unpaired) electrons. The predicted molar refractivity (Wildman–Crippen MR) is 199 cm³/mol. The minimum Gasteiger partial charge on any atom is -0.309 e. The van der Waals surface area contributed by atoms with Gasteiger partial charge < -0.3 is 4.57 Å². The van der Waals surface area contributed by atoms with Crippen LogP contribution in [0.25, 0.3) is 99.5 Å². The lowest BCUT2D eigenvalue weighted by molar-refractivity contribution is 1.07. The number of aromatic nitrogens is 4. The fourth-order valence-corrected chi connectivity index (χ4v) is 7.44. The molecule has 0 fully saturated rings. The second kappa shape index (κ2) is 10.6. The van der Waals surface area contributed by atoms with Gasteiger partial charge >= 0.3 is 0 Å². The highest BCUT2D eigenvalue weighted by atomic mass is 15.0. The molecule has 0 atom stereocenters. The second-order valence-corrected chi connectivity index (χ2v) is 12.3. The number of hydrogen-bond donors (Lipinski definition) is 0. The largest absolute Gasteiger partial charge is 0.309 e. The minimum absolute atomic E-state index is 0.562. The van der Waals surface area contributed by atoms with Crippen molar-refractivity contribution in [2.24, 2.45) is 0 Å². The van der Waals surface area contributed by atoms with Crippen molar-refractivity contribution in [1.29, 1.82) is 0 Å². The van der Waals surface area contributed by atoms with Gasteiger partial charge in [0, 0.05) is 38.7 Å². The topological polar surface area (TPSA) is 48.0 Å². The zero-order chi connectivity index (χ0) is 32.5. The Kier molecular flexibility index (Phi) is 5.87. The number of hydrogen-bond acceptors (Lipinski definition) is 3. The normalized spacial score (nSPS) is 11.7. The molecule has 2 heterocycles. The van der Waals surface area contributed by atoms with Gasteiger partial charge in [0.1, 0.15) is 0 Å². The molecule has 0 saturated heterocycles. The molecule has 0 saturated carbocycles. The molecule has 0 N–H and O–H groups in total. The van der Waals surface area contributed by atoms with Crippen molar-refractivity contribution in [3.8, 4) is 62.1 Å². The quantitative estimate of drug-likeness (QED) is 0.183. The maximum atomic E-state index is 7.37. The Morgan fingerprint density at radius 2 is 1.12 bits per heavy atom. The van der Waals surface area contributed by atoms with E-state index in [0.717, 1.165) is 33.4 Å². The van der Waals surface area contributed by atoms with Gasteiger partial charge in [0.25, 0.3) is 0 Å². The first-order chi connectivity index (χ1) is 24.2. The molecule has 5 nitrogen and oxygen atoms in total. The van der Waals surface area contributed by atoms with Crippen molar-refractivity contribution in [3.05, 3.63) is 163 Å². The highest BCUT2D eigenvalue weighted by molar-refractivity contribution is 6.26. The Hall–Kier alpha value is -6.90. The van der Waals surface area contributed by atoms with Crippen LogP contribution in [0.4, 0.5) is 5.69 Å². The molecular formula is C44H25N5. The minimum atomic E-state index is 0.562. The Balaban J connectivity index is 1.19. The maximum absolute atomic E-state index is 7.37. The van der Waals surface area contributed by atoms with Crippen molar-refractivity contribution < 1.29 is 0 Å². The monoisotopic (exact) mass is 623 g/mol. The summed E-state index contributed by atoms with van der Waals surface area (Å²) in [5.41, 5.74) is 11.7. The van der Waals surface area contributed by atoms with Gasteiger partial charge in [-0.2, -0.15) is 0 Å². The third-order valence-electron chi connectivity index (χ3n) is 9.59. The van der Waals surface area contributed by atoms with E-state index in [1.165, 1.54) is 43.8 Å². The molecule has 2 aromatic heterocycles. The molecule has 9 aromatic rings. The zero-order valence-corrected chi connectivity index (χ0v) is 26.2. The number of para-hydroxylation sites is 1. The van der Waals surface area contributed by atoms with Crippen LogP contribution < -0.4 is 0 Å². The molecular weight excluding hydrogens is 599 g/mol. The van der Waals surface area contributed by atoms with Crippen LogP contribution in [0, 0.1) is 6.57 Å². The van der Waals surface area contributed by atoms with E-state index in [1.54, 1.807) is 12.1 Å². The average molecular weight is 624 g/mol. The highest BCUT2D eigenvalue weighted by Crippen LogP contribution is 2.52. The van der Waals surface area contributed by atoms with Crippen molar-refractivity contribution in [2.75, 3.05) is 0 Å². The summed E-state index contributed by atoms with van der Waals surface area (Å²) in [4.78, 5) is 18.4. The van der Waals surface area contributed by atoms with Crippen molar-refractivity contribution in [1.82, 2.24) is 19.5 Å². The Morgan fingerprint density at radius 1 is 0.469 bits per heavy atom. The molecule has 1 aliphatic carbocycles. The molecule has 0 bridgehead atoms. The van der Waals surface area contributed by atoms with Crippen molar-refractivity contribution >= 4 is 38.3 Å². The molecule has 0 unspecified atom stereocenters. The third-order valence-corrected chi connectivity index (χ3v) is 9.59. The number of rotatable bonds is 4. The zero-order valence-electron chi connectivity index (χ0n) is 26.2. The first-order valence-electron chi connectivity index (χ1n) is 16.2. The van der Waals surface area contributed by atoms with Gasteiger partial charge in [0.2, 0.25) is 0 Å². The molecule has 0 spiro atoms. The predicted octanol–water partition coefficient (Wildman–Crippen LogP) is 11.3. The summed E-state index contributed by atoms with van der Waals surface area (Å²) >= 11 is 0. The Morgan fingerprint density at radius 3 is 1.90 bits per heavy atom. The lowest BCUT2D eigenvalue weighted by Crippen LogP contribution is -2.01. The Labute approximate surface area is 282 Å². The van der Waals surface area contributed by atoms with Gasteiger partial charge in [-0.15, -0.1) is 0 Å². The summed E-state index contributed by atoms with van der Waals surface area (Å²) in [6.07, 6.45) is 0. The summed E-state index contributed by atoms with van der Waals surface area (Å²) in [6.45, 7) is 7.37. The fourth-order valence-electron chi connectivity index (χ4n) is 7.44. The SMILES string of the molecule is [C-]#[N+]c1ccc(-c2nc(-c3ccccc3)nc(-c3cccc(-n4c5ccccc5c5c6c(ccc54)-c4cccc5cccc-6c45)c3)n2)cc1. The first kappa shape index (κ1) is 27.2. The van der Waals surface area contributed by atoms with Crippen LogP contribution in [0.1, 0.15) is 0 Å². The third kappa shape index (κ3) is 4.15. The summed E-state index contributed by atoms with van der Waals surface area (Å²) in [7, 11) is 0. The molecule has 10 rings (SSSR count). The summed E-state index contributed by atoms with van der Waals surface area (Å²) in [6, 6.07) is 52.3. The molecule has 1 aliphatic rings. The average Bonchev–Trinajstić information content (AvgIpc) is 3.69. The van der Waals surface area contributed by atoms with Gasteiger partial charge in [-0.05, 0) is 51.7 Å². The fraction of sp³-hybridized carbons (Fsp3) is 0. The second-order valence-electron chi connectivity index (χ2n) is 12.3. The van der Waals surface area contributed by atoms with E-state index in [0.29, 0.717) is 23.2 Å². The van der Waals surface area contributed by atoms with E-state index in [1.807, 2.05) is 42.5 Å². The molecule has 49 heavy (non-hydrogen) atoms. The molecule has 7 aromatic carbocycles. The summed E-state index contributed by atoms with van der Waals surface area (Å²) < 4.78 is 2.36. The molecule has 226 valence electrons. The van der Waals surface area contributed by atoms with Crippen molar-refractivity contribution in [2.45, 2.75) is 0 Å². The van der Waals surface area contributed by atoms with Crippen LogP contribution in [0.5, 0.6) is 0 Å². The summed E-state index contributed by atoms with van der Waals surface area (Å²) in [5, 5.41) is 5.08. The van der Waals surface area contributed by atoms with E-state index in [-0.39, 0.29) is 0 Å². The van der Waals surface area contributed by atoms with E-state index < -0.39 is 0 Å². The molecule has 5 heteroatoms. The van der Waals surface area contributed by atoms with Gasteiger partial charge in [-0.1, -0.05) is 127 Å². The van der Waals surface area contributed by atoms with Crippen LogP contribution in [0.3, 0.4) is 0 Å². The maximum Gasteiger partial charge on any atom is 0.187 e. The van der Waals surface area contributed by atoms with E-state index in [9.17, 15) is 0 Å². The number of nitrogens with zero attached hydrogens (tertiary/aromatic N) is 5. The number of fused-ring (bicyclic) bond motifs is 7.